The number of nitrogens with one attached hydrogen (secondary N) is 1. The van der Waals surface area contributed by atoms with E-state index in [2.05, 4.69) is 5.32 Å². The molecule has 0 saturated carbocycles. The van der Waals surface area contributed by atoms with Gasteiger partial charge in [-0.25, -0.2) is 0 Å². The molecule has 2 aromatic carbocycles. The zero-order valence-corrected chi connectivity index (χ0v) is 12.7. The number of methoxy groups -OCH3 is 1. The molecular formula is C18H21NO2. The van der Waals surface area contributed by atoms with Crippen molar-refractivity contribution in [2.45, 2.75) is 19.9 Å². The van der Waals surface area contributed by atoms with Crippen molar-refractivity contribution in [3.05, 3.63) is 60.2 Å². The quantitative estimate of drug-likeness (QED) is 0.868. The van der Waals surface area contributed by atoms with Crippen LogP contribution >= 0.6 is 0 Å². The van der Waals surface area contributed by atoms with Gasteiger partial charge in [-0.05, 0) is 36.8 Å². The van der Waals surface area contributed by atoms with Crippen molar-refractivity contribution in [2.75, 3.05) is 12.4 Å². The number of carbonyl (C=O) groups is 1. The van der Waals surface area contributed by atoms with Gasteiger partial charge in [0.05, 0.1) is 13.2 Å². The lowest BCUT2D eigenvalue weighted by atomic mass is 9.91. The molecule has 0 aliphatic carbocycles. The average Bonchev–Trinajstić information content (AvgIpc) is 2.53. The average molecular weight is 283 g/mol. The summed E-state index contributed by atoms with van der Waals surface area (Å²) < 4.78 is 5.16. The van der Waals surface area contributed by atoms with E-state index in [4.69, 9.17) is 4.74 Å². The van der Waals surface area contributed by atoms with Crippen LogP contribution in [0.3, 0.4) is 0 Å². The maximum absolute atomic E-state index is 11.8. The van der Waals surface area contributed by atoms with Crippen molar-refractivity contribution in [1.29, 1.82) is 0 Å². The highest BCUT2D eigenvalue weighted by molar-refractivity contribution is 5.79. The molecule has 3 nitrogen and oxygen atoms in total. The van der Waals surface area contributed by atoms with Crippen LogP contribution in [0.5, 0.6) is 5.75 Å². The predicted octanol–water partition coefficient (Wildman–Crippen LogP) is 4.07. The molecule has 110 valence electrons. The fourth-order valence-corrected chi connectivity index (χ4v) is 2.26. The van der Waals surface area contributed by atoms with E-state index in [0.717, 1.165) is 17.0 Å². The number of benzene rings is 2. The van der Waals surface area contributed by atoms with Gasteiger partial charge in [-0.3, -0.25) is 4.79 Å². The van der Waals surface area contributed by atoms with Gasteiger partial charge in [0, 0.05) is 11.6 Å². The molecule has 0 aliphatic rings. The van der Waals surface area contributed by atoms with Gasteiger partial charge in [0.25, 0.3) is 0 Å². The summed E-state index contributed by atoms with van der Waals surface area (Å²) in [6.07, 6.45) is 0. The summed E-state index contributed by atoms with van der Waals surface area (Å²) in [6.45, 7) is 3.59. The van der Waals surface area contributed by atoms with E-state index in [1.165, 1.54) is 0 Å². The van der Waals surface area contributed by atoms with Gasteiger partial charge in [0.15, 0.2) is 0 Å². The number of Topliss-reactive ketones (excluding diaryl/α,β-unsaturated/α-hetero) is 1. The Bertz CT molecular complexity index is 578. The third-order valence-corrected chi connectivity index (χ3v) is 3.71. The minimum absolute atomic E-state index is 0.0444. The number of ether oxygens (including phenoxy) is 1. The van der Waals surface area contributed by atoms with Crippen molar-refractivity contribution < 1.29 is 9.53 Å². The summed E-state index contributed by atoms with van der Waals surface area (Å²) >= 11 is 0. The predicted molar refractivity (Wildman–Crippen MR) is 85.6 cm³/mol. The Kier molecular flexibility index (Phi) is 4.99. The van der Waals surface area contributed by atoms with Crippen molar-refractivity contribution >= 4 is 11.5 Å². The van der Waals surface area contributed by atoms with Gasteiger partial charge in [-0.2, -0.15) is 0 Å². The van der Waals surface area contributed by atoms with Gasteiger partial charge in [-0.15, -0.1) is 0 Å². The van der Waals surface area contributed by atoms with E-state index in [0.29, 0.717) is 0 Å². The lowest BCUT2D eigenvalue weighted by Crippen LogP contribution is -2.23. The molecule has 0 amide bonds. The summed E-state index contributed by atoms with van der Waals surface area (Å²) in [6, 6.07) is 17.7. The highest BCUT2D eigenvalue weighted by Gasteiger charge is 2.22. The first-order valence-corrected chi connectivity index (χ1v) is 7.08. The topological polar surface area (TPSA) is 38.3 Å². The second-order valence-corrected chi connectivity index (χ2v) is 5.16. The van der Waals surface area contributed by atoms with Gasteiger partial charge >= 0.3 is 0 Å². The monoisotopic (exact) mass is 283 g/mol. The second kappa shape index (κ2) is 6.93. The van der Waals surface area contributed by atoms with Gasteiger partial charge in [0.2, 0.25) is 0 Å². The molecule has 0 bridgehead atoms. The van der Waals surface area contributed by atoms with Gasteiger partial charge < -0.3 is 10.1 Å². The molecule has 1 N–H and O–H groups in total. The van der Waals surface area contributed by atoms with E-state index in [1.54, 1.807) is 14.0 Å². The molecule has 21 heavy (non-hydrogen) atoms. The molecule has 3 heteroatoms. The summed E-state index contributed by atoms with van der Waals surface area (Å²) in [4.78, 5) is 11.8. The molecule has 2 aromatic rings. The van der Waals surface area contributed by atoms with Crippen molar-refractivity contribution in [2.24, 2.45) is 5.92 Å². The minimum Gasteiger partial charge on any atom is -0.497 e. The summed E-state index contributed by atoms with van der Waals surface area (Å²) in [5.74, 6) is 0.885. The maximum atomic E-state index is 11.8. The molecule has 0 heterocycles. The first-order chi connectivity index (χ1) is 10.1. The fraction of sp³-hybridized carbons (Fsp3) is 0.278. The van der Waals surface area contributed by atoms with Crippen molar-refractivity contribution in [3.63, 3.8) is 0 Å². The number of hydrogen-bond donors (Lipinski definition) is 1. The third kappa shape index (κ3) is 3.85. The lowest BCUT2D eigenvalue weighted by molar-refractivity contribution is -0.120. The molecule has 0 aromatic heterocycles. The van der Waals surface area contributed by atoms with Crippen LogP contribution in [-0.2, 0) is 4.79 Å². The molecule has 0 saturated heterocycles. The third-order valence-electron chi connectivity index (χ3n) is 3.71. The Morgan fingerprint density at radius 1 is 1.05 bits per heavy atom. The van der Waals surface area contributed by atoms with Crippen LogP contribution in [0.25, 0.3) is 0 Å². The van der Waals surface area contributed by atoms with E-state index in [1.807, 2.05) is 61.5 Å². The van der Waals surface area contributed by atoms with E-state index >= 15 is 0 Å². The number of hydrogen-bond acceptors (Lipinski definition) is 3. The molecule has 0 spiro atoms. The molecular weight excluding hydrogens is 262 g/mol. The highest BCUT2D eigenvalue weighted by atomic mass is 16.5. The number of ketones is 1. The molecule has 0 aliphatic heterocycles. The Labute approximate surface area is 126 Å². The lowest BCUT2D eigenvalue weighted by Gasteiger charge is -2.25. The molecule has 2 rings (SSSR count). The van der Waals surface area contributed by atoms with Crippen LogP contribution in [0.15, 0.2) is 54.6 Å². The summed E-state index contributed by atoms with van der Waals surface area (Å²) in [5.41, 5.74) is 2.08. The van der Waals surface area contributed by atoms with Gasteiger partial charge in [-0.1, -0.05) is 37.3 Å². The molecule has 0 radical (unpaired) electrons. The SMILES string of the molecule is COc1ccc(NC(c2ccccc2)C(C)C(C)=O)cc1. The van der Waals surface area contributed by atoms with Crippen LogP contribution in [0.1, 0.15) is 25.5 Å². The molecule has 2 atom stereocenters. The molecule has 0 fully saturated rings. The van der Waals surface area contributed by atoms with E-state index in [-0.39, 0.29) is 17.7 Å². The Morgan fingerprint density at radius 2 is 1.67 bits per heavy atom. The van der Waals surface area contributed by atoms with E-state index < -0.39 is 0 Å². The summed E-state index contributed by atoms with van der Waals surface area (Å²) in [5, 5.41) is 3.45. The number of anilines is 1. The van der Waals surface area contributed by atoms with E-state index in [9.17, 15) is 4.79 Å². The zero-order chi connectivity index (χ0) is 15.2. The van der Waals surface area contributed by atoms with Crippen LogP contribution in [0.2, 0.25) is 0 Å². The van der Waals surface area contributed by atoms with Crippen LogP contribution in [0, 0.1) is 5.92 Å². The second-order valence-electron chi connectivity index (χ2n) is 5.16. The van der Waals surface area contributed by atoms with Crippen molar-refractivity contribution in [3.8, 4) is 5.75 Å². The minimum atomic E-state index is -0.102. The largest absolute Gasteiger partial charge is 0.497 e. The van der Waals surface area contributed by atoms with Gasteiger partial charge in [0.1, 0.15) is 11.5 Å². The first-order valence-electron chi connectivity index (χ1n) is 7.08. The fourth-order valence-electron chi connectivity index (χ4n) is 2.26. The first kappa shape index (κ1) is 15.1. The standard InChI is InChI=1S/C18H21NO2/c1-13(14(2)20)18(15-7-5-4-6-8-15)19-16-9-11-17(21-3)12-10-16/h4-13,18-19H,1-3H3. The van der Waals surface area contributed by atoms with Crippen LogP contribution in [-0.4, -0.2) is 12.9 Å². The number of carbonyl (C=O) groups excluding carboxylic acids is 1. The van der Waals surface area contributed by atoms with Crippen molar-refractivity contribution in [1.82, 2.24) is 0 Å². The molecule has 2 unspecified atom stereocenters. The number of rotatable bonds is 6. The maximum Gasteiger partial charge on any atom is 0.135 e. The Hall–Kier alpha value is -2.29. The van der Waals surface area contributed by atoms with Crippen LogP contribution in [0.4, 0.5) is 5.69 Å². The van der Waals surface area contributed by atoms with Crippen LogP contribution < -0.4 is 10.1 Å². The Morgan fingerprint density at radius 3 is 2.19 bits per heavy atom. The summed E-state index contributed by atoms with van der Waals surface area (Å²) in [7, 11) is 1.65. The normalized spacial score (nSPS) is 13.3. The zero-order valence-electron chi connectivity index (χ0n) is 12.7. The smallest absolute Gasteiger partial charge is 0.135 e. The highest BCUT2D eigenvalue weighted by Crippen LogP contribution is 2.28. The Balaban J connectivity index is 2.25.